The lowest BCUT2D eigenvalue weighted by molar-refractivity contribution is 0.0945. The quantitative estimate of drug-likeness (QED) is 0.711. The van der Waals surface area contributed by atoms with Gasteiger partial charge in [0.1, 0.15) is 11.5 Å². The first-order chi connectivity index (χ1) is 13.4. The van der Waals surface area contributed by atoms with Crippen LogP contribution in [-0.4, -0.2) is 35.1 Å². The van der Waals surface area contributed by atoms with Crippen molar-refractivity contribution in [2.75, 3.05) is 14.2 Å². The molecule has 1 heterocycles. The second-order valence-corrected chi connectivity index (χ2v) is 6.56. The van der Waals surface area contributed by atoms with Crippen LogP contribution in [0.2, 0.25) is 0 Å². The molecule has 0 saturated heterocycles. The van der Waals surface area contributed by atoms with E-state index in [-0.39, 0.29) is 5.91 Å². The van der Waals surface area contributed by atoms with Gasteiger partial charge in [0.2, 0.25) is 0 Å². The summed E-state index contributed by atoms with van der Waals surface area (Å²) in [4.78, 5) is 12.6. The van der Waals surface area contributed by atoms with Crippen molar-refractivity contribution < 1.29 is 14.3 Å². The van der Waals surface area contributed by atoms with Gasteiger partial charge in [-0.05, 0) is 56.2 Å². The van der Waals surface area contributed by atoms with E-state index in [9.17, 15) is 4.79 Å². The zero-order chi connectivity index (χ0) is 20.3. The van der Waals surface area contributed by atoms with E-state index < -0.39 is 0 Å². The molecule has 1 aromatic heterocycles. The summed E-state index contributed by atoms with van der Waals surface area (Å²) in [5.74, 6) is 1.06. The third-order valence-corrected chi connectivity index (χ3v) is 4.78. The minimum Gasteiger partial charge on any atom is -0.497 e. The van der Waals surface area contributed by atoms with Crippen LogP contribution >= 0.6 is 0 Å². The Morgan fingerprint density at radius 1 is 1.04 bits per heavy atom. The highest BCUT2D eigenvalue weighted by Crippen LogP contribution is 2.24. The number of amides is 1. The first-order valence-corrected chi connectivity index (χ1v) is 8.93. The van der Waals surface area contributed by atoms with Crippen molar-refractivity contribution in [1.29, 1.82) is 0 Å². The van der Waals surface area contributed by atoms with Crippen molar-refractivity contribution >= 4 is 5.91 Å². The van der Waals surface area contributed by atoms with E-state index in [1.807, 2.05) is 44.2 Å². The smallest absolute Gasteiger partial charge is 0.274 e. The molecule has 0 radical (unpaired) electrons. The van der Waals surface area contributed by atoms with Crippen molar-refractivity contribution in [3.63, 3.8) is 0 Å². The molecule has 1 amide bonds. The van der Waals surface area contributed by atoms with E-state index in [1.54, 1.807) is 25.0 Å². The van der Waals surface area contributed by atoms with Crippen LogP contribution in [0, 0.1) is 20.8 Å². The molecule has 146 valence electrons. The number of carbonyl (C=O) groups excluding carboxylic acids is 1. The van der Waals surface area contributed by atoms with E-state index in [1.165, 1.54) is 5.56 Å². The molecule has 0 fully saturated rings. The Bertz CT molecular complexity index is 1010. The van der Waals surface area contributed by atoms with Crippen LogP contribution in [0.4, 0.5) is 0 Å². The van der Waals surface area contributed by atoms with Gasteiger partial charge >= 0.3 is 0 Å². The van der Waals surface area contributed by atoms with Crippen LogP contribution in [0.3, 0.4) is 0 Å². The fourth-order valence-corrected chi connectivity index (χ4v) is 2.90. The summed E-state index contributed by atoms with van der Waals surface area (Å²) < 4.78 is 12.2. The van der Waals surface area contributed by atoms with Crippen LogP contribution in [-0.2, 0) is 6.54 Å². The van der Waals surface area contributed by atoms with Gasteiger partial charge in [-0.25, -0.2) is 4.68 Å². The lowest BCUT2D eigenvalue weighted by Crippen LogP contribution is -2.24. The van der Waals surface area contributed by atoms with Crippen molar-refractivity contribution in [2.24, 2.45) is 0 Å². The number of methoxy groups -OCH3 is 2. The first-order valence-electron chi connectivity index (χ1n) is 8.93. The van der Waals surface area contributed by atoms with Crippen molar-refractivity contribution in [3.05, 3.63) is 64.5 Å². The Balaban J connectivity index is 1.77. The topological polar surface area (TPSA) is 78.3 Å². The molecule has 0 spiro atoms. The Kier molecular flexibility index (Phi) is 5.63. The number of aryl methyl sites for hydroxylation is 2. The normalized spacial score (nSPS) is 10.6. The molecule has 0 aliphatic carbocycles. The number of hydrogen-bond donors (Lipinski definition) is 1. The van der Waals surface area contributed by atoms with Gasteiger partial charge < -0.3 is 14.8 Å². The second kappa shape index (κ2) is 8.12. The maximum Gasteiger partial charge on any atom is 0.274 e. The van der Waals surface area contributed by atoms with E-state index >= 15 is 0 Å². The van der Waals surface area contributed by atoms with Crippen LogP contribution < -0.4 is 14.8 Å². The number of nitrogens with zero attached hydrogens (tertiary/aromatic N) is 3. The number of hydrogen-bond acceptors (Lipinski definition) is 5. The van der Waals surface area contributed by atoms with Gasteiger partial charge in [-0.1, -0.05) is 11.3 Å². The van der Waals surface area contributed by atoms with E-state index in [0.717, 1.165) is 16.8 Å². The standard InChI is InChI=1S/C21H24N4O3/c1-13-6-8-17(10-14(13)2)25-15(3)20(23-24-25)21(26)22-12-16-7-9-18(27-4)11-19(16)28-5/h6-11H,12H2,1-5H3,(H,22,26). The predicted octanol–water partition coefficient (Wildman–Crippen LogP) is 3.14. The molecule has 28 heavy (non-hydrogen) atoms. The zero-order valence-corrected chi connectivity index (χ0v) is 16.7. The monoisotopic (exact) mass is 380 g/mol. The maximum atomic E-state index is 12.6. The minimum absolute atomic E-state index is 0.287. The van der Waals surface area contributed by atoms with E-state index in [2.05, 4.69) is 22.6 Å². The van der Waals surface area contributed by atoms with Gasteiger partial charge in [0, 0.05) is 18.2 Å². The third kappa shape index (κ3) is 3.83. The largest absolute Gasteiger partial charge is 0.497 e. The Labute approximate surface area is 164 Å². The minimum atomic E-state index is -0.287. The Hall–Kier alpha value is -3.35. The molecule has 7 nitrogen and oxygen atoms in total. The summed E-state index contributed by atoms with van der Waals surface area (Å²) >= 11 is 0. The van der Waals surface area contributed by atoms with Crippen LogP contribution in [0.15, 0.2) is 36.4 Å². The fraction of sp³-hybridized carbons (Fsp3) is 0.286. The van der Waals surface area contributed by atoms with Gasteiger partial charge in [-0.2, -0.15) is 0 Å². The molecule has 0 unspecified atom stereocenters. The molecule has 0 atom stereocenters. The fourth-order valence-electron chi connectivity index (χ4n) is 2.90. The van der Waals surface area contributed by atoms with Crippen LogP contribution in [0.25, 0.3) is 5.69 Å². The average Bonchev–Trinajstić information content (AvgIpc) is 3.09. The number of ether oxygens (including phenoxy) is 2. The predicted molar refractivity (Wildman–Crippen MR) is 106 cm³/mol. The van der Waals surface area contributed by atoms with Crippen molar-refractivity contribution in [2.45, 2.75) is 27.3 Å². The summed E-state index contributed by atoms with van der Waals surface area (Å²) in [5, 5.41) is 11.1. The van der Waals surface area contributed by atoms with E-state index in [0.29, 0.717) is 29.4 Å². The molecule has 0 bridgehead atoms. The second-order valence-electron chi connectivity index (χ2n) is 6.56. The highest BCUT2D eigenvalue weighted by atomic mass is 16.5. The molecule has 7 heteroatoms. The summed E-state index contributed by atoms with van der Waals surface area (Å²) in [6, 6.07) is 11.5. The van der Waals surface area contributed by atoms with Crippen LogP contribution in [0.1, 0.15) is 32.9 Å². The lowest BCUT2D eigenvalue weighted by Gasteiger charge is -2.11. The SMILES string of the molecule is COc1ccc(CNC(=O)c2nnn(-c3ccc(C)c(C)c3)c2C)c(OC)c1. The van der Waals surface area contributed by atoms with Gasteiger partial charge in [-0.3, -0.25) is 4.79 Å². The average molecular weight is 380 g/mol. The summed E-state index contributed by atoms with van der Waals surface area (Å²) in [6.07, 6.45) is 0. The number of rotatable bonds is 6. The number of carbonyl (C=O) groups is 1. The van der Waals surface area contributed by atoms with Crippen LogP contribution in [0.5, 0.6) is 11.5 Å². The van der Waals surface area contributed by atoms with Gasteiger partial charge in [0.15, 0.2) is 5.69 Å². The molecular weight excluding hydrogens is 356 g/mol. The van der Waals surface area contributed by atoms with Gasteiger partial charge in [0.25, 0.3) is 5.91 Å². The molecule has 1 N–H and O–H groups in total. The van der Waals surface area contributed by atoms with E-state index in [4.69, 9.17) is 9.47 Å². The summed E-state index contributed by atoms with van der Waals surface area (Å²) in [7, 11) is 3.18. The van der Waals surface area contributed by atoms with Crippen molar-refractivity contribution in [1.82, 2.24) is 20.3 Å². The molecule has 2 aromatic carbocycles. The Morgan fingerprint density at radius 2 is 1.82 bits per heavy atom. The Morgan fingerprint density at radius 3 is 2.50 bits per heavy atom. The van der Waals surface area contributed by atoms with Gasteiger partial charge in [0.05, 0.1) is 25.6 Å². The number of aromatic nitrogens is 3. The highest BCUT2D eigenvalue weighted by Gasteiger charge is 2.18. The summed E-state index contributed by atoms with van der Waals surface area (Å²) in [5.41, 5.74) is 5.06. The van der Waals surface area contributed by atoms with Gasteiger partial charge in [-0.15, -0.1) is 5.10 Å². The first kappa shape index (κ1) is 19.4. The van der Waals surface area contributed by atoms with Crippen molar-refractivity contribution in [3.8, 4) is 17.2 Å². The zero-order valence-electron chi connectivity index (χ0n) is 16.7. The number of benzene rings is 2. The lowest BCUT2D eigenvalue weighted by atomic mass is 10.1. The molecular formula is C21H24N4O3. The molecule has 0 aliphatic heterocycles. The number of nitrogens with one attached hydrogen (secondary N) is 1. The molecule has 0 aliphatic rings. The maximum absolute atomic E-state index is 12.6. The molecule has 3 rings (SSSR count). The third-order valence-electron chi connectivity index (χ3n) is 4.78. The summed E-state index contributed by atoms with van der Waals surface area (Å²) in [6.45, 7) is 6.24. The highest BCUT2D eigenvalue weighted by molar-refractivity contribution is 5.93. The molecule has 0 saturated carbocycles. The molecule has 3 aromatic rings.